The Bertz CT molecular complexity index is 607. The maximum absolute atomic E-state index is 12.3. The van der Waals surface area contributed by atoms with Gasteiger partial charge in [-0.25, -0.2) is 8.42 Å². The van der Waals surface area contributed by atoms with Gasteiger partial charge in [0, 0.05) is 13.1 Å². The molecular formula is C14H23N3O3S. The molecule has 0 bridgehead atoms. The van der Waals surface area contributed by atoms with E-state index in [1.165, 1.54) is 0 Å². The maximum atomic E-state index is 12.3. The number of hydrogen-bond donors (Lipinski definition) is 1. The van der Waals surface area contributed by atoms with Crippen LogP contribution in [0.2, 0.25) is 0 Å². The Labute approximate surface area is 125 Å². The van der Waals surface area contributed by atoms with E-state index in [-0.39, 0.29) is 5.75 Å². The third kappa shape index (κ3) is 3.14. The van der Waals surface area contributed by atoms with E-state index in [9.17, 15) is 13.5 Å². The third-order valence-corrected chi connectivity index (χ3v) is 6.25. The van der Waals surface area contributed by atoms with E-state index in [4.69, 9.17) is 0 Å². The van der Waals surface area contributed by atoms with Crippen molar-refractivity contribution in [3.05, 3.63) is 17.5 Å². The molecule has 0 radical (unpaired) electrons. The van der Waals surface area contributed by atoms with Crippen LogP contribution in [-0.4, -0.2) is 39.9 Å². The van der Waals surface area contributed by atoms with Crippen molar-refractivity contribution in [1.29, 1.82) is 0 Å². The number of aryl methyl sites for hydroxylation is 1. The standard InChI is InChI=1S/C14H23N3O3S/c1-2-8-21(19,20)16-6-3-7-17-12(10-16)9-13(15-17)14(18)11-4-5-11/h9,11,14,18H,2-8,10H2,1H3/t14-/m0/s1. The number of aromatic nitrogens is 2. The van der Waals surface area contributed by atoms with Crippen LogP contribution in [-0.2, 0) is 23.1 Å². The molecule has 3 rings (SSSR count). The van der Waals surface area contributed by atoms with Crippen molar-refractivity contribution in [2.24, 2.45) is 5.92 Å². The molecule has 1 atom stereocenters. The Morgan fingerprint density at radius 1 is 1.43 bits per heavy atom. The minimum atomic E-state index is -3.18. The van der Waals surface area contributed by atoms with Crippen LogP contribution in [0.15, 0.2) is 6.07 Å². The fourth-order valence-electron chi connectivity index (χ4n) is 2.88. The predicted octanol–water partition coefficient (Wildman–Crippen LogP) is 1.27. The first kappa shape index (κ1) is 15.0. The van der Waals surface area contributed by atoms with Crippen molar-refractivity contribution < 1.29 is 13.5 Å². The lowest BCUT2D eigenvalue weighted by Crippen LogP contribution is -2.32. The Morgan fingerprint density at radius 3 is 2.86 bits per heavy atom. The Kier molecular flexibility index (Phi) is 4.07. The highest BCUT2D eigenvalue weighted by molar-refractivity contribution is 7.89. The lowest BCUT2D eigenvalue weighted by molar-refractivity contribution is 0.148. The minimum absolute atomic E-state index is 0.193. The molecule has 0 unspecified atom stereocenters. The van der Waals surface area contributed by atoms with Crippen LogP contribution in [0.4, 0.5) is 0 Å². The number of nitrogens with zero attached hydrogens (tertiary/aromatic N) is 3. The largest absolute Gasteiger partial charge is 0.386 e. The predicted molar refractivity (Wildman–Crippen MR) is 79.0 cm³/mol. The summed E-state index contributed by atoms with van der Waals surface area (Å²) in [6.45, 7) is 3.51. The molecule has 7 heteroatoms. The average molecular weight is 313 g/mol. The molecule has 1 fully saturated rings. The normalized spacial score (nSPS) is 21.8. The lowest BCUT2D eigenvalue weighted by Gasteiger charge is -2.19. The fourth-order valence-corrected chi connectivity index (χ4v) is 4.39. The van der Waals surface area contributed by atoms with Crippen LogP contribution < -0.4 is 0 Å². The van der Waals surface area contributed by atoms with Crippen LogP contribution in [0.5, 0.6) is 0 Å². The summed E-state index contributed by atoms with van der Waals surface area (Å²) < 4.78 is 27.9. The highest BCUT2D eigenvalue weighted by atomic mass is 32.2. The SMILES string of the molecule is CCCS(=O)(=O)N1CCCn2nc([C@@H](O)C3CC3)cc2C1. The third-order valence-electron chi connectivity index (χ3n) is 4.23. The second-order valence-electron chi connectivity index (χ2n) is 6.07. The molecule has 118 valence electrons. The zero-order valence-electron chi connectivity index (χ0n) is 12.4. The molecule has 1 aliphatic carbocycles. The minimum Gasteiger partial charge on any atom is -0.386 e. The number of sulfonamides is 1. The quantitative estimate of drug-likeness (QED) is 0.888. The molecular weight excluding hydrogens is 290 g/mol. The number of rotatable bonds is 5. The highest BCUT2D eigenvalue weighted by Gasteiger charge is 2.33. The van der Waals surface area contributed by atoms with Crippen molar-refractivity contribution >= 4 is 10.0 Å². The van der Waals surface area contributed by atoms with E-state index in [0.717, 1.165) is 25.0 Å². The van der Waals surface area contributed by atoms with Crippen molar-refractivity contribution in [3.63, 3.8) is 0 Å². The van der Waals surface area contributed by atoms with E-state index >= 15 is 0 Å². The van der Waals surface area contributed by atoms with Gasteiger partial charge in [-0.2, -0.15) is 9.40 Å². The molecule has 2 heterocycles. The summed E-state index contributed by atoms with van der Waals surface area (Å²) >= 11 is 0. The molecule has 0 amide bonds. The summed E-state index contributed by atoms with van der Waals surface area (Å²) in [5, 5.41) is 14.7. The summed E-state index contributed by atoms with van der Waals surface area (Å²) in [5.41, 5.74) is 1.59. The van der Waals surface area contributed by atoms with Crippen LogP contribution in [0.1, 0.15) is 50.1 Å². The molecule has 0 saturated heterocycles. The van der Waals surface area contributed by atoms with Crippen molar-refractivity contribution in [2.75, 3.05) is 12.3 Å². The van der Waals surface area contributed by atoms with Gasteiger partial charge < -0.3 is 5.11 Å². The zero-order chi connectivity index (χ0) is 15.0. The molecule has 1 aromatic rings. The number of aliphatic hydroxyl groups is 1. The topological polar surface area (TPSA) is 75.4 Å². The monoisotopic (exact) mass is 313 g/mol. The Balaban J connectivity index is 1.81. The first-order chi connectivity index (χ1) is 10.0. The molecule has 1 aromatic heterocycles. The van der Waals surface area contributed by atoms with E-state index in [1.807, 2.05) is 17.7 Å². The summed E-state index contributed by atoms with van der Waals surface area (Å²) in [5.74, 6) is 0.530. The van der Waals surface area contributed by atoms with Gasteiger partial charge in [0.05, 0.1) is 23.7 Å². The van der Waals surface area contributed by atoms with Crippen molar-refractivity contribution in [1.82, 2.24) is 14.1 Å². The molecule has 0 aromatic carbocycles. The van der Waals surface area contributed by atoms with Gasteiger partial charge in [-0.3, -0.25) is 4.68 Å². The lowest BCUT2D eigenvalue weighted by atomic mass is 10.1. The number of fused-ring (bicyclic) bond motifs is 1. The molecule has 1 aliphatic heterocycles. The molecule has 2 aliphatic rings. The zero-order valence-corrected chi connectivity index (χ0v) is 13.2. The Hall–Kier alpha value is -0.920. The molecule has 0 spiro atoms. The fraction of sp³-hybridized carbons (Fsp3) is 0.786. The van der Waals surface area contributed by atoms with E-state index < -0.39 is 16.1 Å². The van der Waals surface area contributed by atoms with Gasteiger partial charge in [0.1, 0.15) is 6.10 Å². The summed E-state index contributed by atoms with van der Waals surface area (Å²) in [6, 6.07) is 1.88. The summed E-state index contributed by atoms with van der Waals surface area (Å²) in [7, 11) is -3.18. The van der Waals surface area contributed by atoms with Gasteiger partial charge in [-0.1, -0.05) is 6.92 Å². The molecule has 1 saturated carbocycles. The van der Waals surface area contributed by atoms with Gasteiger partial charge in [-0.05, 0) is 37.7 Å². The molecule has 6 nitrogen and oxygen atoms in total. The van der Waals surface area contributed by atoms with Gasteiger partial charge in [0.15, 0.2) is 0 Å². The van der Waals surface area contributed by atoms with Gasteiger partial charge >= 0.3 is 0 Å². The molecule has 1 N–H and O–H groups in total. The van der Waals surface area contributed by atoms with E-state index in [1.54, 1.807) is 4.31 Å². The van der Waals surface area contributed by atoms with Crippen LogP contribution in [0.3, 0.4) is 0 Å². The molecule has 21 heavy (non-hydrogen) atoms. The van der Waals surface area contributed by atoms with Gasteiger partial charge in [0.2, 0.25) is 10.0 Å². The maximum Gasteiger partial charge on any atom is 0.214 e. The second-order valence-corrected chi connectivity index (χ2v) is 8.16. The van der Waals surface area contributed by atoms with Crippen LogP contribution in [0.25, 0.3) is 0 Å². The Morgan fingerprint density at radius 2 is 2.19 bits per heavy atom. The van der Waals surface area contributed by atoms with Gasteiger partial charge in [-0.15, -0.1) is 0 Å². The van der Waals surface area contributed by atoms with Gasteiger partial charge in [0.25, 0.3) is 0 Å². The smallest absolute Gasteiger partial charge is 0.214 e. The first-order valence-corrected chi connectivity index (χ1v) is 9.34. The van der Waals surface area contributed by atoms with Crippen LogP contribution in [0, 0.1) is 5.92 Å². The number of aliphatic hydroxyl groups excluding tert-OH is 1. The summed E-state index contributed by atoms with van der Waals surface area (Å²) in [6.07, 6.45) is 3.01. The van der Waals surface area contributed by atoms with E-state index in [2.05, 4.69) is 5.10 Å². The first-order valence-electron chi connectivity index (χ1n) is 7.74. The highest BCUT2D eigenvalue weighted by Crippen LogP contribution is 2.40. The number of hydrogen-bond acceptors (Lipinski definition) is 4. The second kappa shape index (κ2) is 5.70. The van der Waals surface area contributed by atoms with Crippen molar-refractivity contribution in [3.8, 4) is 0 Å². The summed E-state index contributed by atoms with van der Waals surface area (Å²) in [4.78, 5) is 0. The van der Waals surface area contributed by atoms with E-state index in [0.29, 0.717) is 37.7 Å². The van der Waals surface area contributed by atoms with Crippen LogP contribution >= 0.6 is 0 Å². The van der Waals surface area contributed by atoms with Crippen molar-refractivity contribution in [2.45, 2.75) is 51.8 Å². The average Bonchev–Trinajstić information content (AvgIpc) is 3.22.